The van der Waals surface area contributed by atoms with E-state index >= 15 is 0 Å². The van der Waals surface area contributed by atoms with Crippen LogP contribution >= 0.6 is 0 Å². The van der Waals surface area contributed by atoms with Gasteiger partial charge in [0.2, 0.25) is 11.9 Å². The van der Waals surface area contributed by atoms with E-state index in [1.54, 1.807) is 0 Å². The zero-order valence-corrected chi connectivity index (χ0v) is 22.4. The van der Waals surface area contributed by atoms with Crippen LogP contribution in [-0.2, 0) is 18.9 Å². The van der Waals surface area contributed by atoms with E-state index in [4.69, 9.17) is 18.9 Å². The molecule has 0 spiro atoms. The van der Waals surface area contributed by atoms with Crippen LogP contribution in [0.5, 0.6) is 51.7 Å². The van der Waals surface area contributed by atoms with Crippen molar-refractivity contribution in [2.75, 3.05) is 13.2 Å². The van der Waals surface area contributed by atoms with Crippen LogP contribution in [0.4, 0.5) is 0 Å². The van der Waals surface area contributed by atoms with Gasteiger partial charge in [-0.2, -0.15) is 0 Å². The number of carbonyl (C=O) groups is 3. The van der Waals surface area contributed by atoms with E-state index in [-0.39, 0.29) is 0 Å². The summed E-state index contributed by atoms with van der Waals surface area (Å²) in [5.74, 6) is -12.4. The minimum Gasteiger partial charge on any atom is -0.504 e. The Morgan fingerprint density at radius 2 is 0.956 bits per heavy atom. The molecule has 4 atom stereocenters. The minimum atomic E-state index is -2.73. The van der Waals surface area contributed by atoms with Gasteiger partial charge in [-0.3, -0.25) is 0 Å². The van der Waals surface area contributed by atoms with E-state index in [9.17, 15) is 70.6 Å². The lowest BCUT2D eigenvalue weighted by Crippen LogP contribution is -2.56. The fraction of sp³-hybridized carbons (Fsp3) is 0.222. The molecule has 3 aromatic rings. The lowest BCUT2D eigenvalue weighted by Gasteiger charge is -2.33. The third-order valence-electron chi connectivity index (χ3n) is 6.58. The predicted molar refractivity (Wildman–Crippen MR) is 140 cm³/mol. The Hall–Kier alpha value is -5.85. The number of esters is 3. The van der Waals surface area contributed by atoms with Crippen LogP contribution in [0.25, 0.3) is 0 Å². The van der Waals surface area contributed by atoms with Gasteiger partial charge in [0.15, 0.2) is 51.7 Å². The molecule has 1 fully saturated rings. The highest BCUT2D eigenvalue weighted by molar-refractivity contribution is 5.93. The maximum absolute atomic E-state index is 13.0. The highest BCUT2D eigenvalue weighted by atomic mass is 16.7. The zero-order valence-electron chi connectivity index (χ0n) is 22.4. The van der Waals surface area contributed by atoms with Crippen molar-refractivity contribution in [3.8, 4) is 51.7 Å². The molecule has 1 aliphatic rings. The normalized spacial score (nSPS) is 20.8. The van der Waals surface area contributed by atoms with Gasteiger partial charge in [0, 0.05) is 0 Å². The van der Waals surface area contributed by atoms with Gasteiger partial charge >= 0.3 is 17.9 Å². The Morgan fingerprint density at radius 1 is 0.600 bits per heavy atom. The lowest BCUT2D eigenvalue weighted by molar-refractivity contribution is -0.193. The van der Waals surface area contributed by atoms with Crippen LogP contribution in [0.3, 0.4) is 0 Å². The van der Waals surface area contributed by atoms with E-state index in [1.165, 1.54) is 0 Å². The number of aliphatic hydroxyl groups is 2. The number of phenolic OH excluding ortho intramolecular Hbond substituents is 9. The van der Waals surface area contributed by atoms with Gasteiger partial charge in [0.1, 0.15) is 25.4 Å². The Labute approximate surface area is 249 Å². The largest absolute Gasteiger partial charge is 0.504 e. The summed E-state index contributed by atoms with van der Waals surface area (Å²) in [6.45, 7) is -2.12. The van der Waals surface area contributed by atoms with Gasteiger partial charge in [-0.1, -0.05) is 0 Å². The standard InChI is InChI=1S/C27H24O18/c28-12-1-9(2-13(29)19(12)34)23(38)42-7-18-22(37)27(26(41)44-18,45-25(40)11-5-16(32)21(36)17(33)6-11)8-43-24(39)10-3-14(30)20(35)15(31)4-10/h1-6,18,22,26,28-37,41H,7-8H2. The number of rotatable bonds is 8. The van der Waals surface area contributed by atoms with Crippen molar-refractivity contribution in [2.24, 2.45) is 0 Å². The van der Waals surface area contributed by atoms with Gasteiger partial charge in [-0.05, 0) is 36.4 Å². The molecule has 45 heavy (non-hydrogen) atoms. The van der Waals surface area contributed by atoms with Crippen molar-refractivity contribution in [1.82, 2.24) is 0 Å². The molecule has 1 heterocycles. The van der Waals surface area contributed by atoms with Gasteiger partial charge in [0.25, 0.3) is 0 Å². The van der Waals surface area contributed by atoms with Crippen LogP contribution in [0, 0.1) is 0 Å². The van der Waals surface area contributed by atoms with E-state index in [0.717, 1.165) is 12.1 Å². The highest BCUT2D eigenvalue weighted by Gasteiger charge is 2.60. The number of hydrogen-bond donors (Lipinski definition) is 11. The maximum Gasteiger partial charge on any atom is 0.339 e. The van der Waals surface area contributed by atoms with Crippen LogP contribution in [0.1, 0.15) is 31.1 Å². The Balaban J connectivity index is 1.60. The average molecular weight is 636 g/mol. The first kappa shape index (κ1) is 32.1. The van der Waals surface area contributed by atoms with Crippen LogP contribution in [0.2, 0.25) is 0 Å². The SMILES string of the molecule is O=C(OCC1OC(O)C(COC(=O)c2cc(O)c(O)c(O)c2)(OC(=O)c2cc(O)c(O)c(O)c2)C1O)c1cc(O)c(O)c(O)c1. The third-order valence-corrected chi connectivity index (χ3v) is 6.58. The first-order valence-electron chi connectivity index (χ1n) is 12.4. The molecule has 3 aromatic carbocycles. The first-order valence-corrected chi connectivity index (χ1v) is 12.4. The van der Waals surface area contributed by atoms with Crippen LogP contribution < -0.4 is 0 Å². The molecule has 0 bridgehead atoms. The molecule has 0 aliphatic carbocycles. The number of hydrogen-bond acceptors (Lipinski definition) is 18. The first-order chi connectivity index (χ1) is 21.0. The molecule has 0 saturated carbocycles. The van der Waals surface area contributed by atoms with Crippen molar-refractivity contribution >= 4 is 17.9 Å². The summed E-state index contributed by atoms with van der Waals surface area (Å²) < 4.78 is 20.5. The summed E-state index contributed by atoms with van der Waals surface area (Å²) in [5, 5.41) is 109. The van der Waals surface area contributed by atoms with E-state index in [1.807, 2.05) is 0 Å². The molecule has 18 heteroatoms. The summed E-state index contributed by atoms with van der Waals surface area (Å²) in [6.07, 6.45) is -6.24. The minimum absolute atomic E-state index is 0.463. The second kappa shape index (κ2) is 12.0. The number of phenols is 9. The highest BCUT2D eigenvalue weighted by Crippen LogP contribution is 2.40. The van der Waals surface area contributed by atoms with Gasteiger partial charge in [-0.25, -0.2) is 14.4 Å². The summed E-state index contributed by atoms with van der Waals surface area (Å²) in [6, 6.07) is 4.16. The molecular formula is C27H24O18. The summed E-state index contributed by atoms with van der Waals surface area (Å²) in [4.78, 5) is 38.2. The molecule has 0 radical (unpaired) electrons. The van der Waals surface area contributed by atoms with Crippen molar-refractivity contribution in [1.29, 1.82) is 0 Å². The van der Waals surface area contributed by atoms with Crippen LogP contribution in [0.15, 0.2) is 36.4 Å². The molecule has 11 N–H and O–H groups in total. The van der Waals surface area contributed by atoms with Crippen molar-refractivity contribution < 1.29 is 89.5 Å². The topological polar surface area (TPSA) is 311 Å². The summed E-state index contributed by atoms with van der Waals surface area (Å²) in [5.41, 5.74) is -4.38. The monoisotopic (exact) mass is 636 g/mol. The number of aliphatic hydroxyl groups excluding tert-OH is 2. The number of ether oxygens (including phenoxy) is 4. The molecular weight excluding hydrogens is 612 g/mol. The smallest absolute Gasteiger partial charge is 0.339 e. The molecule has 18 nitrogen and oxygen atoms in total. The van der Waals surface area contributed by atoms with Gasteiger partial charge in [0.05, 0.1) is 16.7 Å². The lowest BCUT2D eigenvalue weighted by atomic mass is 9.95. The van der Waals surface area contributed by atoms with Crippen molar-refractivity contribution in [2.45, 2.75) is 24.1 Å². The predicted octanol–water partition coefficient (Wildman–Crippen LogP) is -0.275. The summed E-state index contributed by atoms with van der Waals surface area (Å²) >= 11 is 0. The number of aromatic hydroxyl groups is 9. The van der Waals surface area contributed by atoms with Crippen molar-refractivity contribution in [3.63, 3.8) is 0 Å². The van der Waals surface area contributed by atoms with E-state index in [2.05, 4.69) is 0 Å². The zero-order chi connectivity index (χ0) is 33.4. The fourth-order valence-electron chi connectivity index (χ4n) is 4.14. The van der Waals surface area contributed by atoms with E-state index < -0.39 is 124 Å². The molecule has 0 amide bonds. The molecule has 1 saturated heterocycles. The second-order valence-electron chi connectivity index (χ2n) is 9.58. The summed E-state index contributed by atoms with van der Waals surface area (Å²) in [7, 11) is 0. The Morgan fingerprint density at radius 3 is 1.36 bits per heavy atom. The molecule has 4 rings (SSSR count). The average Bonchev–Trinajstić information content (AvgIpc) is 3.22. The maximum atomic E-state index is 13.0. The van der Waals surface area contributed by atoms with Crippen molar-refractivity contribution in [3.05, 3.63) is 53.1 Å². The quantitative estimate of drug-likeness (QED) is 0.0860. The van der Waals surface area contributed by atoms with Gasteiger partial charge in [-0.15, -0.1) is 0 Å². The number of carbonyl (C=O) groups excluding carboxylic acids is 3. The van der Waals surface area contributed by atoms with Crippen LogP contribution in [-0.4, -0.2) is 111 Å². The second-order valence-corrected chi connectivity index (χ2v) is 9.58. The fourth-order valence-corrected chi connectivity index (χ4v) is 4.14. The molecule has 0 aromatic heterocycles. The molecule has 4 unspecified atom stereocenters. The Kier molecular flexibility index (Phi) is 8.58. The molecule has 1 aliphatic heterocycles. The molecule has 240 valence electrons. The van der Waals surface area contributed by atoms with E-state index in [0.29, 0.717) is 24.3 Å². The van der Waals surface area contributed by atoms with Gasteiger partial charge < -0.3 is 75.1 Å². The number of benzene rings is 3. The Bertz CT molecular complexity index is 1600. The third kappa shape index (κ3) is 6.13.